The minimum absolute atomic E-state index is 0.0424. The Bertz CT molecular complexity index is 841. The maximum Gasteiger partial charge on any atom is 0.348 e. The van der Waals surface area contributed by atoms with Crippen LogP contribution in [0.15, 0.2) is 49.6 Å². The zero-order valence-electron chi connectivity index (χ0n) is 21.6. The van der Waals surface area contributed by atoms with Crippen molar-refractivity contribution in [3.8, 4) is 0 Å². The molecule has 1 aliphatic rings. The number of hydrogen-bond donors (Lipinski definition) is 0. The van der Waals surface area contributed by atoms with Crippen molar-refractivity contribution in [2.45, 2.75) is 91.6 Å². The summed E-state index contributed by atoms with van der Waals surface area (Å²) in [4.78, 5) is 27.0. The van der Waals surface area contributed by atoms with Crippen molar-refractivity contribution in [2.24, 2.45) is 0 Å². The molecule has 34 heavy (non-hydrogen) atoms. The lowest BCUT2D eigenvalue weighted by Gasteiger charge is -2.15. The van der Waals surface area contributed by atoms with Gasteiger partial charge in [-0.25, -0.2) is 4.79 Å². The van der Waals surface area contributed by atoms with Gasteiger partial charge < -0.3 is 9.64 Å². The molecule has 2 heterocycles. The Morgan fingerprint density at radius 3 is 2.26 bits per heavy atom. The van der Waals surface area contributed by atoms with Crippen molar-refractivity contribution < 1.29 is 14.3 Å². The first-order chi connectivity index (χ1) is 16.4. The Labute approximate surface area is 211 Å². The molecule has 2 aromatic rings. The summed E-state index contributed by atoms with van der Waals surface area (Å²) in [5, 5.41) is 0. The van der Waals surface area contributed by atoms with Gasteiger partial charge in [0.2, 0.25) is 5.91 Å². The monoisotopic (exact) mass is 485 g/mol. The Morgan fingerprint density at radius 2 is 1.71 bits per heavy atom. The van der Waals surface area contributed by atoms with E-state index in [4.69, 9.17) is 4.74 Å². The smallest absolute Gasteiger partial charge is 0.348 e. The first-order valence-electron chi connectivity index (χ1n) is 12.6. The molecule has 1 amide bonds. The maximum atomic E-state index is 11.6. The van der Waals surface area contributed by atoms with Crippen LogP contribution < -0.4 is 4.90 Å². The third-order valence-electron chi connectivity index (χ3n) is 5.34. The number of anilines is 1. The predicted molar refractivity (Wildman–Crippen MR) is 146 cm³/mol. The van der Waals surface area contributed by atoms with Gasteiger partial charge in [0, 0.05) is 23.5 Å². The average Bonchev–Trinajstić information content (AvgIpc) is 3.48. The van der Waals surface area contributed by atoms with E-state index in [1.165, 1.54) is 47.5 Å². The number of nitrogens with zero attached hydrogens (tertiary/aromatic N) is 1. The molecule has 3 rings (SSSR count). The van der Waals surface area contributed by atoms with Gasteiger partial charge in [-0.15, -0.1) is 24.5 Å². The molecule has 0 atom stereocenters. The Balaban J connectivity index is 0.000000326. The van der Waals surface area contributed by atoms with Crippen molar-refractivity contribution >= 4 is 28.9 Å². The lowest BCUT2D eigenvalue weighted by molar-refractivity contribution is -0.117. The second-order valence-electron chi connectivity index (χ2n) is 8.60. The van der Waals surface area contributed by atoms with E-state index in [1.54, 1.807) is 0 Å². The molecule has 0 aliphatic carbocycles. The average molecular weight is 486 g/mol. The summed E-state index contributed by atoms with van der Waals surface area (Å²) in [7, 11) is 0. The number of amides is 1. The number of benzene rings is 1. The van der Waals surface area contributed by atoms with E-state index in [9.17, 15) is 9.59 Å². The van der Waals surface area contributed by atoms with Crippen molar-refractivity contribution in [3.63, 3.8) is 0 Å². The molecule has 0 N–H and O–H groups in total. The van der Waals surface area contributed by atoms with Gasteiger partial charge in [-0.2, -0.15) is 0 Å². The van der Waals surface area contributed by atoms with Gasteiger partial charge in [-0.1, -0.05) is 51.7 Å². The highest BCUT2D eigenvalue weighted by molar-refractivity contribution is 7.13. The summed E-state index contributed by atoms with van der Waals surface area (Å²) >= 11 is 1.53. The van der Waals surface area contributed by atoms with Gasteiger partial charge in [0.15, 0.2) is 0 Å². The van der Waals surface area contributed by atoms with Crippen LogP contribution in [0.2, 0.25) is 0 Å². The molecule has 0 unspecified atom stereocenters. The number of carbonyl (C=O) groups is 2. The number of unbranched alkanes of at least 4 members (excludes halogenated alkanes) is 3. The first kappa shape index (κ1) is 29.6. The molecule has 0 radical (unpaired) electrons. The number of hydrogen-bond acceptors (Lipinski definition) is 4. The Hall–Kier alpha value is -2.40. The Kier molecular flexibility index (Phi) is 14.9. The number of thiophene rings is 1. The van der Waals surface area contributed by atoms with Crippen molar-refractivity contribution in [3.05, 3.63) is 64.9 Å². The molecular formula is C29H43NO3S. The summed E-state index contributed by atoms with van der Waals surface area (Å²) in [5.74, 6) is 0.0676. The lowest BCUT2D eigenvalue weighted by Crippen LogP contribution is -2.23. The minimum Gasteiger partial charge on any atom is -0.459 e. The number of carbonyl (C=O) groups excluding carboxylic acids is 2. The van der Waals surface area contributed by atoms with Crippen LogP contribution in [-0.2, 0) is 22.4 Å². The third-order valence-corrected chi connectivity index (χ3v) is 6.47. The SMILES string of the molecule is C=C.CCCCCCc1ccc(N2CCCC2=O)cc1.CCCc1ccc(C(=O)OC(C)C)s1. The normalized spacial score (nSPS) is 12.6. The van der Waals surface area contributed by atoms with E-state index >= 15 is 0 Å². The molecule has 1 aromatic carbocycles. The van der Waals surface area contributed by atoms with Crippen LogP contribution in [-0.4, -0.2) is 24.5 Å². The third kappa shape index (κ3) is 10.7. The molecule has 1 aromatic heterocycles. The number of aryl methyl sites for hydroxylation is 2. The summed E-state index contributed by atoms with van der Waals surface area (Å²) in [5.41, 5.74) is 2.45. The fourth-order valence-corrected chi connectivity index (χ4v) is 4.65. The van der Waals surface area contributed by atoms with E-state index in [0.717, 1.165) is 37.9 Å². The van der Waals surface area contributed by atoms with Gasteiger partial charge in [-0.05, 0) is 69.4 Å². The van der Waals surface area contributed by atoms with Crippen LogP contribution in [0.1, 0.15) is 92.8 Å². The van der Waals surface area contributed by atoms with E-state index in [2.05, 4.69) is 51.3 Å². The number of esters is 1. The molecule has 188 valence electrons. The van der Waals surface area contributed by atoms with Crippen molar-refractivity contribution in [2.75, 3.05) is 11.4 Å². The van der Waals surface area contributed by atoms with Crippen LogP contribution in [0.25, 0.3) is 0 Å². The molecule has 0 bridgehead atoms. The molecule has 1 saturated heterocycles. The van der Waals surface area contributed by atoms with Crippen LogP contribution in [0.5, 0.6) is 0 Å². The van der Waals surface area contributed by atoms with Crippen molar-refractivity contribution in [1.82, 2.24) is 0 Å². The number of rotatable bonds is 10. The van der Waals surface area contributed by atoms with Crippen molar-refractivity contribution in [1.29, 1.82) is 0 Å². The molecule has 1 fully saturated rings. The van der Waals surface area contributed by atoms with E-state index in [0.29, 0.717) is 11.3 Å². The molecule has 5 heteroatoms. The minimum atomic E-state index is -0.202. The van der Waals surface area contributed by atoms with Crippen LogP contribution in [0.3, 0.4) is 0 Å². The summed E-state index contributed by atoms with van der Waals surface area (Å²) in [6, 6.07) is 12.4. The molecule has 1 aliphatic heterocycles. The number of ether oxygens (including phenoxy) is 1. The van der Waals surface area contributed by atoms with E-state index in [-0.39, 0.29) is 18.0 Å². The van der Waals surface area contributed by atoms with Gasteiger partial charge in [0.05, 0.1) is 6.10 Å². The predicted octanol–water partition coefficient (Wildman–Crippen LogP) is 8.00. The summed E-state index contributed by atoms with van der Waals surface area (Å²) in [6.07, 6.45) is 10.2. The highest BCUT2D eigenvalue weighted by Crippen LogP contribution is 2.22. The van der Waals surface area contributed by atoms with E-state index < -0.39 is 0 Å². The van der Waals surface area contributed by atoms with Gasteiger partial charge in [-0.3, -0.25) is 4.79 Å². The van der Waals surface area contributed by atoms with Crippen LogP contribution >= 0.6 is 11.3 Å². The van der Waals surface area contributed by atoms with Gasteiger partial charge >= 0.3 is 5.97 Å². The molecule has 0 spiro atoms. The second-order valence-corrected chi connectivity index (χ2v) is 9.76. The zero-order valence-corrected chi connectivity index (χ0v) is 22.4. The lowest BCUT2D eigenvalue weighted by atomic mass is 10.1. The quantitative estimate of drug-likeness (QED) is 0.194. The summed E-state index contributed by atoms with van der Waals surface area (Å²) in [6.45, 7) is 15.0. The second kappa shape index (κ2) is 17.1. The molecule has 0 saturated carbocycles. The summed E-state index contributed by atoms with van der Waals surface area (Å²) < 4.78 is 5.10. The highest BCUT2D eigenvalue weighted by Gasteiger charge is 2.21. The largest absolute Gasteiger partial charge is 0.459 e. The Morgan fingerprint density at radius 1 is 1.00 bits per heavy atom. The zero-order chi connectivity index (χ0) is 25.3. The van der Waals surface area contributed by atoms with Crippen LogP contribution in [0.4, 0.5) is 5.69 Å². The fraction of sp³-hybridized carbons (Fsp3) is 0.517. The molecular weight excluding hydrogens is 442 g/mol. The highest BCUT2D eigenvalue weighted by atomic mass is 32.1. The van der Waals surface area contributed by atoms with Crippen LogP contribution in [0, 0.1) is 0 Å². The molecule has 4 nitrogen and oxygen atoms in total. The fourth-order valence-electron chi connectivity index (χ4n) is 3.66. The van der Waals surface area contributed by atoms with Gasteiger partial charge in [0.1, 0.15) is 4.88 Å². The van der Waals surface area contributed by atoms with Gasteiger partial charge in [0.25, 0.3) is 0 Å². The first-order valence-corrected chi connectivity index (χ1v) is 13.4. The topological polar surface area (TPSA) is 46.6 Å². The maximum absolute atomic E-state index is 11.6. The standard InChI is InChI=1S/C16H23NO.C11H16O2S.C2H4/c1-2-3-4-5-7-14-9-11-15(12-10-14)17-13-6-8-16(17)18;1-4-5-9-6-7-10(14-9)11(12)13-8(2)3;1-2/h9-12H,2-8,13H2,1H3;6-8H,4-5H2,1-3H3;1-2H2. The van der Waals surface area contributed by atoms with E-state index in [1.807, 2.05) is 30.9 Å².